The molecule has 19 heavy (non-hydrogen) atoms. The first-order chi connectivity index (χ1) is 9.01. The number of nitrogens with one attached hydrogen (secondary N) is 1. The van der Waals surface area contributed by atoms with Crippen LogP contribution in [-0.2, 0) is 4.79 Å². The molecular formula is C13H17NO4S. The molecule has 0 saturated heterocycles. The lowest BCUT2D eigenvalue weighted by Gasteiger charge is -2.12. The van der Waals surface area contributed by atoms with Crippen LogP contribution in [0.4, 0.5) is 0 Å². The Kier molecular flexibility index (Phi) is 4.09. The number of carboxylic acids is 1. The molecule has 0 spiro atoms. The Bertz CT molecular complexity index is 497. The fraction of sp³-hybridized carbons (Fsp3) is 0.538. The van der Waals surface area contributed by atoms with Gasteiger partial charge in [-0.2, -0.15) is 0 Å². The van der Waals surface area contributed by atoms with E-state index in [1.165, 1.54) is 18.4 Å². The van der Waals surface area contributed by atoms with Gasteiger partial charge in [-0.05, 0) is 32.3 Å². The minimum atomic E-state index is -0.777. The predicted molar refractivity (Wildman–Crippen MR) is 71.8 cm³/mol. The Morgan fingerprint density at radius 3 is 2.79 bits per heavy atom. The van der Waals surface area contributed by atoms with E-state index in [4.69, 9.17) is 9.84 Å². The van der Waals surface area contributed by atoms with Crippen molar-refractivity contribution in [3.05, 3.63) is 15.8 Å². The second kappa shape index (κ2) is 5.61. The van der Waals surface area contributed by atoms with Crippen LogP contribution in [0.2, 0.25) is 0 Å². The summed E-state index contributed by atoms with van der Waals surface area (Å²) < 4.78 is 5.17. The summed E-state index contributed by atoms with van der Waals surface area (Å²) in [5, 5.41) is 11.8. The first-order valence-corrected chi connectivity index (χ1v) is 7.01. The van der Waals surface area contributed by atoms with E-state index >= 15 is 0 Å². The molecule has 1 saturated carbocycles. The van der Waals surface area contributed by atoms with Crippen molar-refractivity contribution in [1.82, 2.24) is 5.32 Å². The maximum atomic E-state index is 12.1. The highest BCUT2D eigenvalue weighted by Crippen LogP contribution is 2.30. The van der Waals surface area contributed by atoms with Gasteiger partial charge in [0, 0.05) is 10.9 Å². The number of carbonyl (C=O) groups excluding carboxylic acids is 1. The molecule has 2 atom stereocenters. The van der Waals surface area contributed by atoms with E-state index in [0.717, 1.165) is 11.3 Å². The number of thiophene rings is 1. The molecule has 0 bridgehead atoms. The molecule has 2 N–H and O–H groups in total. The van der Waals surface area contributed by atoms with Crippen LogP contribution in [0, 0.1) is 12.8 Å². The number of carboxylic acid groups (broad SMARTS) is 1. The number of ether oxygens (including phenoxy) is 1. The van der Waals surface area contributed by atoms with Crippen molar-refractivity contribution in [2.45, 2.75) is 32.2 Å². The third-order valence-electron chi connectivity index (χ3n) is 3.36. The molecule has 1 aromatic heterocycles. The summed E-state index contributed by atoms with van der Waals surface area (Å²) >= 11 is 1.38. The maximum Gasteiger partial charge on any atom is 0.306 e. The topological polar surface area (TPSA) is 75.6 Å². The molecular weight excluding hydrogens is 266 g/mol. The van der Waals surface area contributed by atoms with Gasteiger partial charge < -0.3 is 15.2 Å². The van der Waals surface area contributed by atoms with Gasteiger partial charge >= 0.3 is 5.97 Å². The summed E-state index contributed by atoms with van der Waals surface area (Å²) in [6, 6.07) is 1.77. The summed E-state index contributed by atoms with van der Waals surface area (Å²) in [5.41, 5.74) is 0. The normalized spacial score (nSPS) is 22.2. The fourth-order valence-corrected chi connectivity index (χ4v) is 3.27. The molecule has 1 aliphatic carbocycles. The molecule has 0 aliphatic heterocycles. The standard InChI is InChI=1S/C13H17NO4S/c1-7-5-10(18-2)11(19-7)12(15)14-9-4-3-8(6-9)13(16)17/h5,8-9H,3-4,6H2,1-2H3,(H,14,15)(H,16,17)/t8-,9+/m1/s1. The van der Waals surface area contributed by atoms with Crippen molar-refractivity contribution < 1.29 is 19.4 Å². The first kappa shape index (κ1) is 13.9. The molecule has 1 amide bonds. The minimum absolute atomic E-state index is 0.0549. The van der Waals surface area contributed by atoms with Crippen molar-refractivity contribution in [3.63, 3.8) is 0 Å². The Morgan fingerprint density at radius 2 is 2.21 bits per heavy atom. The Morgan fingerprint density at radius 1 is 1.47 bits per heavy atom. The number of methoxy groups -OCH3 is 1. The van der Waals surface area contributed by atoms with Gasteiger partial charge in [0.05, 0.1) is 13.0 Å². The third kappa shape index (κ3) is 3.07. The molecule has 1 aliphatic rings. The van der Waals surface area contributed by atoms with Crippen LogP contribution in [-0.4, -0.2) is 30.1 Å². The number of carbonyl (C=O) groups is 2. The van der Waals surface area contributed by atoms with Gasteiger partial charge in [0.25, 0.3) is 5.91 Å². The molecule has 1 heterocycles. The SMILES string of the molecule is COc1cc(C)sc1C(=O)N[C@H]1CC[C@@H](C(=O)O)C1. The quantitative estimate of drug-likeness (QED) is 0.886. The number of aryl methyl sites for hydroxylation is 1. The minimum Gasteiger partial charge on any atom is -0.495 e. The van der Waals surface area contributed by atoms with E-state index in [9.17, 15) is 9.59 Å². The number of hydrogen-bond acceptors (Lipinski definition) is 4. The summed E-state index contributed by atoms with van der Waals surface area (Å²) in [4.78, 5) is 24.6. The largest absolute Gasteiger partial charge is 0.495 e. The van der Waals surface area contributed by atoms with E-state index in [-0.39, 0.29) is 17.9 Å². The maximum absolute atomic E-state index is 12.1. The van der Waals surface area contributed by atoms with Gasteiger partial charge in [0.1, 0.15) is 10.6 Å². The molecule has 1 aromatic rings. The van der Waals surface area contributed by atoms with E-state index in [2.05, 4.69) is 5.32 Å². The van der Waals surface area contributed by atoms with Crippen molar-refractivity contribution in [2.24, 2.45) is 5.92 Å². The number of rotatable bonds is 4. The van der Waals surface area contributed by atoms with Crippen molar-refractivity contribution in [3.8, 4) is 5.75 Å². The molecule has 6 heteroatoms. The first-order valence-electron chi connectivity index (χ1n) is 6.19. The van der Waals surface area contributed by atoms with Crippen molar-refractivity contribution in [2.75, 3.05) is 7.11 Å². The van der Waals surface area contributed by atoms with Gasteiger partial charge in [0.2, 0.25) is 0 Å². The molecule has 2 rings (SSSR count). The van der Waals surface area contributed by atoms with Crippen LogP contribution in [0.5, 0.6) is 5.75 Å². The zero-order valence-corrected chi connectivity index (χ0v) is 11.8. The second-order valence-electron chi connectivity index (χ2n) is 4.77. The van der Waals surface area contributed by atoms with E-state index in [1.807, 2.05) is 13.0 Å². The van der Waals surface area contributed by atoms with Crippen LogP contribution in [0.15, 0.2) is 6.07 Å². The molecule has 0 unspecified atom stereocenters. The Balaban J connectivity index is 2.00. The summed E-state index contributed by atoms with van der Waals surface area (Å²) in [5.74, 6) is -0.711. The number of aliphatic carboxylic acids is 1. The van der Waals surface area contributed by atoms with Crippen LogP contribution >= 0.6 is 11.3 Å². The Hall–Kier alpha value is -1.56. The Labute approximate surface area is 115 Å². The zero-order valence-electron chi connectivity index (χ0n) is 10.9. The highest BCUT2D eigenvalue weighted by Gasteiger charge is 2.31. The third-order valence-corrected chi connectivity index (χ3v) is 4.39. The molecule has 0 radical (unpaired) electrons. The summed E-state index contributed by atoms with van der Waals surface area (Å²) in [6.45, 7) is 1.92. The highest BCUT2D eigenvalue weighted by molar-refractivity contribution is 7.14. The van der Waals surface area contributed by atoms with E-state index in [0.29, 0.717) is 23.5 Å². The van der Waals surface area contributed by atoms with Gasteiger partial charge in [-0.1, -0.05) is 0 Å². The summed E-state index contributed by atoms with van der Waals surface area (Å²) in [6.07, 6.45) is 1.85. The van der Waals surface area contributed by atoms with Crippen molar-refractivity contribution in [1.29, 1.82) is 0 Å². The van der Waals surface area contributed by atoms with Gasteiger partial charge in [-0.15, -0.1) is 11.3 Å². The monoisotopic (exact) mass is 283 g/mol. The second-order valence-corrected chi connectivity index (χ2v) is 6.03. The molecule has 1 fully saturated rings. The lowest BCUT2D eigenvalue weighted by atomic mass is 10.1. The van der Waals surface area contributed by atoms with Crippen molar-refractivity contribution >= 4 is 23.2 Å². The van der Waals surface area contributed by atoms with Crippen LogP contribution in [0.1, 0.15) is 33.8 Å². The van der Waals surface area contributed by atoms with E-state index < -0.39 is 5.97 Å². The van der Waals surface area contributed by atoms with Gasteiger partial charge in [0.15, 0.2) is 0 Å². The molecule has 0 aromatic carbocycles. The number of amides is 1. The van der Waals surface area contributed by atoms with Gasteiger partial charge in [-0.25, -0.2) is 0 Å². The highest BCUT2D eigenvalue weighted by atomic mass is 32.1. The lowest BCUT2D eigenvalue weighted by Crippen LogP contribution is -2.33. The lowest BCUT2D eigenvalue weighted by molar-refractivity contribution is -0.141. The molecule has 104 valence electrons. The van der Waals surface area contributed by atoms with Gasteiger partial charge in [-0.3, -0.25) is 9.59 Å². The average Bonchev–Trinajstić information content (AvgIpc) is 2.95. The zero-order chi connectivity index (χ0) is 14.0. The average molecular weight is 283 g/mol. The predicted octanol–water partition coefficient (Wildman–Crippen LogP) is 2.05. The summed E-state index contributed by atoms with van der Waals surface area (Å²) in [7, 11) is 1.54. The fourth-order valence-electron chi connectivity index (χ4n) is 2.39. The van der Waals surface area contributed by atoms with Crippen LogP contribution in [0.3, 0.4) is 0 Å². The molecule has 5 nitrogen and oxygen atoms in total. The smallest absolute Gasteiger partial charge is 0.306 e. The number of hydrogen-bond donors (Lipinski definition) is 2. The van der Waals surface area contributed by atoms with Crippen LogP contribution < -0.4 is 10.1 Å². The van der Waals surface area contributed by atoms with Crippen LogP contribution in [0.25, 0.3) is 0 Å². The van der Waals surface area contributed by atoms with E-state index in [1.54, 1.807) is 0 Å².